The Morgan fingerprint density at radius 1 is 1.33 bits per heavy atom. The first-order valence-electron chi connectivity index (χ1n) is 6.25. The number of rotatable bonds is 2. The fourth-order valence-corrected chi connectivity index (χ4v) is 2.23. The van der Waals surface area contributed by atoms with Gasteiger partial charge in [-0.25, -0.2) is 19.7 Å². The minimum absolute atomic E-state index is 0.363. The van der Waals surface area contributed by atoms with Crippen molar-refractivity contribution in [1.82, 2.24) is 19.5 Å². The number of nitrogens with one attached hydrogen (secondary N) is 1. The minimum Gasteiger partial charge on any atom is -0.444 e. The Balaban J connectivity index is 2.21. The lowest BCUT2D eigenvalue weighted by Crippen LogP contribution is -2.27. The van der Waals surface area contributed by atoms with E-state index in [1.165, 1.54) is 6.33 Å². The summed E-state index contributed by atoms with van der Waals surface area (Å²) in [4.78, 5) is 24.1. The first-order chi connectivity index (χ1) is 9.76. The van der Waals surface area contributed by atoms with Gasteiger partial charge >= 0.3 is 6.09 Å². The Bertz CT molecular complexity index is 643. The number of hydrogen-bond donors (Lipinski definition) is 1. The van der Waals surface area contributed by atoms with Crippen molar-refractivity contribution in [3.05, 3.63) is 23.3 Å². The molecule has 0 spiro atoms. The highest BCUT2D eigenvalue weighted by Crippen LogP contribution is 2.25. The second kappa shape index (κ2) is 5.80. The number of ether oxygens (including phenoxy) is 1. The van der Waals surface area contributed by atoms with Crippen LogP contribution >= 0.6 is 15.9 Å². The van der Waals surface area contributed by atoms with E-state index in [-0.39, 0.29) is 0 Å². The zero-order chi connectivity index (χ0) is 15.6. The number of imidazole rings is 1. The summed E-state index contributed by atoms with van der Waals surface area (Å²) >= 11 is 3.36. The molecule has 0 bridgehead atoms. The van der Waals surface area contributed by atoms with E-state index in [1.807, 2.05) is 11.6 Å². The highest BCUT2D eigenvalue weighted by atomic mass is 79.9. The summed E-state index contributed by atoms with van der Waals surface area (Å²) in [6.45, 7) is 5.39. The largest absolute Gasteiger partial charge is 0.444 e. The molecule has 21 heavy (non-hydrogen) atoms. The molecule has 8 heteroatoms. The molecule has 0 fully saturated rings. The van der Waals surface area contributed by atoms with Crippen molar-refractivity contribution in [3.63, 3.8) is 0 Å². The molecule has 2 aromatic rings. The standard InChI is InChI=1S/C13H16BrN5O2/c1-13(2,3)21-12(20)18-9-5-8(15-6-16-9)10-11(14)17-7-19(10)4/h5-7H,1-4H3,(H,15,16,18,20). The van der Waals surface area contributed by atoms with Crippen LogP contribution in [0.1, 0.15) is 20.8 Å². The Morgan fingerprint density at radius 2 is 2.05 bits per heavy atom. The molecule has 0 aliphatic rings. The van der Waals surface area contributed by atoms with Gasteiger partial charge in [0.05, 0.1) is 12.0 Å². The van der Waals surface area contributed by atoms with Crippen LogP contribution in [0.3, 0.4) is 0 Å². The molecule has 7 nitrogen and oxygen atoms in total. The predicted octanol–water partition coefficient (Wildman–Crippen LogP) is 2.99. The first-order valence-corrected chi connectivity index (χ1v) is 7.05. The van der Waals surface area contributed by atoms with Crippen molar-refractivity contribution >= 4 is 27.8 Å². The summed E-state index contributed by atoms with van der Waals surface area (Å²) in [5.74, 6) is 0.363. The molecule has 112 valence electrons. The van der Waals surface area contributed by atoms with E-state index in [4.69, 9.17) is 4.74 Å². The van der Waals surface area contributed by atoms with Gasteiger partial charge in [-0.2, -0.15) is 0 Å². The molecule has 2 rings (SSSR count). The van der Waals surface area contributed by atoms with Crippen LogP contribution in [0.5, 0.6) is 0 Å². The van der Waals surface area contributed by atoms with Crippen LogP contribution in [-0.2, 0) is 11.8 Å². The highest BCUT2D eigenvalue weighted by Gasteiger charge is 2.17. The third-order valence-electron chi connectivity index (χ3n) is 2.43. The van der Waals surface area contributed by atoms with Gasteiger partial charge in [-0.3, -0.25) is 5.32 Å². The van der Waals surface area contributed by atoms with Crippen molar-refractivity contribution in [1.29, 1.82) is 0 Å². The maximum atomic E-state index is 11.7. The molecule has 0 aliphatic heterocycles. The van der Waals surface area contributed by atoms with Gasteiger partial charge < -0.3 is 9.30 Å². The second-order valence-electron chi connectivity index (χ2n) is 5.41. The molecule has 0 aliphatic carbocycles. The number of nitrogens with zero attached hydrogens (tertiary/aromatic N) is 4. The molecule has 2 aromatic heterocycles. The summed E-state index contributed by atoms with van der Waals surface area (Å²) in [5, 5.41) is 2.58. The van der Waals surface area contributed by atoms with Crippen LogP contribution in [0, 0.1) is 0 Å². The van der Waals surface area contributed by atoms with Crippen LogP contribution < -0.4 is 5.32 Å². The zero-order valence-corrected chi connectivity index (χ0v) is 13.8. The number of aromatic nitrogens is 4. The lowest BCUT2D eigenvalue weighted by atomic mass is 10.2. The van der Waals surface area contributed by atoms with E-state index >= 15 is 0 Å². The number of halogens is 1. The fourth-order valence-electron chi connectivity index (χ4n) is 1.65. The average molecular weight is 354 g/mol. The van der Waals surface area contributed by atoms with E-state index in [0.29, 0.717) is 16.1 Å². The Morgan fingerprint density at radius 3 is 2.62 bits per heavy atom. The van der Waals surface area contributed by atoms with Gasteiger partial charge in [-0.15, -0.1) is 0 Å². The monoisotopic (exact) mass is 353 g/mol. The number of hydrogen-bond acceptors (Lipinski definition) is 5. The second-order valence-corrected chi connectivity index (χ2v) is 6.16. The molecular weight excluding hydrogens is 338 g/mol. The van der Waals surface area contributed by atoms with E-state index < -0.39 is 11.7 Å². The molecule has 1 amide bonds. The minimum atomic E-state index is -0.564. The maximum absolute atomic E-state index is 11.7. The van der Waals surface area contributed by atoms with E-state index in [0.717, 1.165) is 5.69 Å². The van der Waals surface area contributed by atoms with E-state index in [1.54, 1.807) is 33.2 Å². The molecule has 2 heterocycles. The SMILES string of the molecule is Cn1cnc(Br)c1-c1cc(NC(=O)OC(C)(C)C)ncn1. The summed E-state index contributed by atoms with van der Waals surface area (Å²) < 4.78 is 7.68. The van der Waals surface area contributed by atoms with Crippen molar-refractivity contribution < 1.29 is 9.53 Å². The summed E-state index contributed by atoms with van der Waals surface area (Å²) in [6, 6.07) is 1.66. The Labute approximate surface area is 130 Å². The Kier molecular flexibility index (Phi) is 4.26. The van der Waals surface area contributed by atoms with Crippen LogP contribution in [-0.4, -0.2) is 31.2 Å². The van der Waals surface area contributed by atoms with Gasteiger partial charge in [-0.1, -0.05) is 0 Å². The lowest BCUT2D eigenvalue weighted by molar-refractivity contribution is 0.0635. The number of carbonyl (C=O) groups excluding carboxylic acids is 1. The normalized spacial score (nSPS) is 11.3. The van der Waals surface area contributed by atoms with Crippen LogP contribution in [0.2, 0.25) is 0 Å². The molecule has 0 saturated carbocycles. The highest BCUT2D eigenvalue weighted by molar-refractivity contribution is 9.10. The van der Waals surface area contributed by atoms with E-state index in [2.05, 4.69) is 36.2 Å². The van der Waals surface area contributed by atoms with Crippen molar-refractivity contribution in [2.75, 3.05) is 5.32 Å². The molecule has 0 aromatic carbocycles. The molecular formula is C13H16BrN5O2. The number of anilines is 1. The quantitative estimate of drug-likeness (QED) is 0.897. The van der Waals surface area contributed by atoms with Gasteiger partial charge in [0.2, 0.25) is 0 Å². The number of amides is 1. The van der Waals surface area contributed by atoms with Gasteiger partial charge in [0.1, 0.15) is 28.0 Å². The summed E-state index contributed by atoms with van der Waals surface area (Å²) in [5.41, 5.74) is 0.873. The van der Waals surface area contributed by atoms with Crippen LogP contribution in [0.25, 0.3) is 11.4 Å². The molecule has 0 atom stereocenters. The lowest BCUT2D eigenvalue weighted by Gasteiger charge is -2.19. The molecule has 0 unspecified atom stereocenters. The molecule has 0 radical (unpaired) electrons. The third-order valence-corrected chi connectivity index (χ3v) is 3.01. The maximum Gasteiger partial charge on any atom is 0.413 e. The van der Waals surface area contributed by atoms with Crippen molar-refractivity contribution in [3.8, 4) is 11.4 Å². The fraction of sp³-hybridized carbons (Fsp3) is 0.385. The van der Waals surface area contributed by atoms with Gasteiger partial charge in [0.15, 0.2) is 0 Å². The molecule has 1 N–H and O–H groups in total. The van der Waals surface area contributed by atoms with Crippen molar-refractivity contribution in [2.24, 2.45) is 7.05 Å². The third kappa shape index (κ3) is 4.01. The topological polar surface area (TPSA) is 81.9 Å². The first kappa shape index (κ1) is 15.4. The van der Waals surface area contributed by atoms with Gasteiger partial charge in [-0.05, 0) is 36.7 Å². The summed E-state index contributed by atoms with van der Waals surface area (Å²) in [7, 11) is 1.86. The molecule has 0 saturated heterocycles. The summed E-state index contributed by atoms with van der Waals surface area (Å²) in [6.07, 6.45) is 2.49. The van der Waals surface area contributed by atoms with Gasteiger partial charge in [0.25, 0.3) is 0 Å². The van der Waals surface area contributed by atoms with Crippen LogP contribution in [0.15, 0.2) is 23.3 Å². The zero-order valence-electron chi connectivity index (χ0n) is 12.2. The van der Waals surface area contributed by atoms with Crippen LogP contribution in [0.4, 0.5) is 10.6 Å². The smallest absolute Gasteiger partial charge is 0.413 e. The van der Waals surface area contributed by atoms with Crippen molar-refractivity contribution in [2.45, 2.75) is 26.4 Å². The Hall–Kier alpha value is -1.96. The number of carbonyl (C=O) groups is 1. The average Bonchev–Trinajstić information content (AvgIpc) is 2.66. The number of aryl methyl sites for hydroxylation is 1. The predicted molar refractivity (Wildman–Crippen MR) is 81.8 cm³/mol. The van der Waals surface area contributed by atoms with E-state index in [9.17, 15) is 4.79 Å². The van der Waals surface area contributed by atoms with Gasteiger partial charge in [0, 0.05) is 13.1 Å².